The molecule has 1 saturated heterocycles. The fraction of sp³-hybridized carbons (Fsp3) is 0.318. The molecule has 33 heavy (non-hydrogen) atoms. The molecule has 11 heteroatoms. The Kier molecular flexibility index (Phi) is 5.85. The fourth-order valence-corrected chi connectivity index (χ4v) is 4.36. The summed E-state index contributed by atoms with van der Waals surface area (Å²) in [6.45, 7) is 2.21. The Balaban J connectivity index is 1.29. The first kappa shape index (κ1) is 21.6. The van der Waals surface area contributed by atoms with E-state index in [1.54, 1.807) is 18.2 Å². The zero-order valence-corrected chi connectivity index (χ0v) is 19.0. The molecule has 0 radical (unpaired) electrons. The van der Waals surface area contributed by atoms with E-state index in [-0.39, 0.29) is 17.2 Å². The van der Waals surface area contributed by atoms with Gasteiger partial charge in [0.15, 0.2) is 0 Å². The van der Waals surface area contributed by atoms with Crippen molar-refractivity contribution in [3.8, 4) is 11.3 Å². The normalized spacial score (nSPS) is 16.3. The van der Waals surface area contributed by atoms with Crippen molar-refractivity contribution in [3.05, 3.63) is 58.4 Å². The Morgan fingerprint density at radius 3 is 2.91 bits per heavy atom. The second-order valence-corrected chi connectivity index (χ2v) is 9.27. The van der Waals surface area contributed by atoms with Crippen LogP contribution in [0.2, 0.25) is 5.02 Å². The maximum absolute atomic E-state index is 13.1. The quantitative estimate of drug-likeness (QED) is 0.566. The van der Waals surface area contributed by atoms with Gasteiger partial charge < -0.3 is 14.4 Å². The van der Waals surface area contributed by atoms with Gasteiger partial charge in [-0.15, -0.1) is 5.10 Å². The van der Waals surface area contributed by atoms with Crippen LogP contribution in [0.1, 0.15) is 34.5 Å². The predicted octanol–water partition coefficient (Wildman–Crippen LogP) is 3.66. The Morgan fingerprint density at radius 1 is 1.33 bits per heavy atom. The van der Waals surface area contributed by atoms with E-state index >= 15 is 0 Å². The maximum Gasteiger partial charge on any atom is 0.296 e. The molecule has 0 bridgehead atoms. The smallest absolute Gasteiger partial charge is 0.296 e. The number of benzene rings is 1. The first-order valence-electron chi connectivity index (χ1n) is 10.3. The molecule has 1 aromatic carbocycles. The van der Waals surface area contributed by atoms with Gasteiger partial charge in [0, 0.05) is 24.3 Å². The number of rotatable bonds is 6. The van der Waals surface area contributed by atoms with Crippen molar-refractivity contribution in [2.45, 2.75) is 25.0 Å². The number of morpholine rings is 1. The molecule has 0 unspecified atom stereocenters. The summed E-state index contributed by atoms with van der Waals surface area (Å²) < 4.78 is 11.5. The number of pyridine rings is 1. The third-order valence-corrected chi connectivity index (χ3v) is 6.54. The Bertz CT molecular complexity index is 1220. The van der Waals surface area contributed by atoms with E-state index in [1.165, 1.54) is 6.20 Å². The molecule has 1 aliphatic carbocycles. The van der Waals surface area contributed by atoms with Crippen molar-refractivity contribution in [1.82, 2.24) is 15.2 Å². The minimum atomic E-state index is -0.376. The molecule has 168 valence electrons. The second kappa shape index (κ2) is 8.94. The van der Waals surface area contributed by atoms with Crippen molar-refractivity contribution in [3.63, 3.8) is 0 Å². The number of carbonyl (C=O) groups is 1. The highest BCUT2D eigenvalue weighted by Gasteiger charge is 2.47. The molecule has 0 atom stereocenters. The summed E-state index contributed by atoms with van der Waals surface area (Å²) in [4.78, 5) is 19.3. The van der Waals surface area contributed by atoms with Crippen LogP contribution in [-0.4, -0.2) is 46.4 Å². The van der Waals surface area contributed by atoms with E-state index in [9.17, 15) is 10.1 Å². The third-order valence-electron chi connectivity index (χ3n) is 5.54. The van der Waals surface area contributed by atoms with Crippen LogP contribution in [0.4, 0.5) is 10.8 Å². The van der Waals surface area contributed by atoms with Gasteiger partial charge in [0.1, 0.15) is 18.4 Å². The van der Waals surface area contributed by atoms with E-state index in [0.717, 1.165) is 29.7 Å². The van der Waals surface area contributed by atoms with E-state index in [1.807, 2.05) is 18.2 Å². The van der Waals surface area contributed by atoms with Crippen molar-refractivity contribution in [1.29, 1.82) is 5.26 Å². The topological polar surface area (TPSA) is 113 Å². The van der Waals surface area contributed by atoms with Gasteiger partial charge in [-0.05, 0) is 47.9 Å². The monoisotopic (exact) mass is 482 g/mol. The van der Waals surface area contributed by atoms with Crippen LogP contribution in [0.25, 0.3) is 0 Å². The van der Waals surface area contributed by atoms with Crippen LogP contribution in [0, 0.1) is 11.3 Å². The molecule has 2 aromatic heterocycles. The molecule has 3 heterocycles. The number of nitrogens with zero attached hydrogens (tertiary/aromatic N) is 5. The lowest BCUT2D eigenvalue weighted by molar-refractivity contribution is 0.0205. The second-order valence-electron chi connectivity index (χ2n) is 7.89. The molecule has 2 aliphatic rings. The standard InChI is InChI=1S/C22H19ClN6O3S/c23-15-3-1-14(2-4-15)12-31-21-28-27-20(33-21)26-19(30)17-11-25-16(10-24)9-18(17)29-7-8-32-22(13-29)5-6-22/h1-4,9,11H,5-8,12-13H2,(H,26,27,30). The highest BCUT2D eigenvalue weighted by molar-refractivity contribution is 7.17. The summed E-state index contributed by atoms with van der Waals surface area (Å²) in [5, 5.41) is 21.3. The molecule has 5 rings (SSSR count). The van der Waals surface area contributed by atoms with Gasteiger partial charge in [0.05, 0.1) is 23.5 Å². The summed E-state index contributed by atoms with van der Waals surface area (Å²) >= 11 is 7.02. The summed E-state index contributed by atoms with van der Waals surface area (Å²) in [5.74, 6) is -0.376. The number of ether oxygens (including phenoxy) is 2. The summed E-state index contributed by atoms with van der Waals surface area (Å²) in [6, 6.07) is 11.0. The minimum Gasteiger partial charge on any atom is -0.464 e. The summed E-state index contributed by atoms with van der Waals surface area (Å²) in [7, 11) is 0. The fourth-order valence-electron chi connectivity index (χ4n) is 3.64. The first-order valence-corrected chi connectivity index (χ1v) is 11.5. The number of halogens is 1. The number of hydrogen-bond donors (Lipinski definition) is 1. The van der Waals surface area contributed by atoms with Crippen LogP contribution in [0.5, 0.6) is 5.19 Å². The number of hydrogen-bond acceptors (Lipinski definition) is 9. The minimum absolute atomic E-state index is 0.127. The lowest BCUT2D eigenvalue weighted by Crippen LogP contribution is -2.44. The lowest BCUT2D eigenvalue weighted by atomic mass is 10.1. The van der Waals surface area contributed by atoms with Crippen molar-refractivity contribution in [2.75, 3.05) is 29.9 Å². The lowest BCUT2D eigenvalue weighted by Gasteiger charge is -2.35. The van der Waals surface area contributed by atoms with Crippen molar-refractivity contribution < 1.29 is 14.3 Å². The van der Waals surface area contributed by atoms with Crippen LogP contribution >= 0.6 is 22.9 Å². The number of amides is 1. The Labute approximate surface area is 198 Å². The van der Waals surface area contributed by atoms with Crippen molar-refractivity contribution in [2.24, 2.45) is 0 Å². The van der Waals surface area contributed by atoms with Crippen LogP contribution in [-0.2, 0) is 11.3 Å². The average Bonchev–Trinajstić information content (AvgIpc) is 3.42. The van der Waals surface area contributed by atoms with Gasteiger partial charge in [-0.3, -0.25) is 10.1 Å². The molecule has 2 fully saturated rings. The average molecular weight is 483 g/mol. The highest BCUT2D eigenvalue weighted by atomic mass is 35.5. The van der Waals surface area contributed by atoms with Gasteiger partial charge >= 0.3 is 0 Å². The number of nitrogens with one attached hydrogen (secondary N) is 1. The number of carbonyl (C=O) groups excluding carboxylic acids is 1. The molecule has 1 saturated carbocycles. The molecule has 3 aromatic rings. The summed E-state index contributed by atoms with van der Waals surface area (Å²) in [6.07, 6.45) is 3.44. The van der Waals surface area contributed by atoms with Gasteiger partial charge in [-0.25, -0.2) is 4.98 Å². The zero-order valence-electron chi connectivity index (χ0n) is 17.5. The molecular weight excluding hydrogens is 464 g/mol. The van der Waals surface area contributed by atoms with Gasteiger partial charge in [-0.2, -0.15) is 5.26 Å². The third kappa shape index (κ3) is 4.90. The number of nitriles is 1. The van der Waals surface area contributed by atoms with Crippen LogP contribution < -0.4 is 15.0 Å². The molecule has 1 spiro atoms. The Morgan fingerprint density at radius 2 is 2.15 bits per heavy atom. The zero-order chi connectivity index (χ0) is 22.8. The van der Waals surface area contributed by atoms with Gasteiger partial charge in [0.2, 0.25) is 5.13 Å². The molecule has 1 N–H and O–H groups in total. The predicted molar refractivity (Wildman–Crippen MR) is 123 cm³/mol. The van der Waals surface area contributed by atoms with Gasteiger partial charge in [0.25, 0.3) is 11.1 Å². The molecular formula is C22H19ClN6O3S. The SMILES string of the molecule is N#Cc1cc(N2CCOC3(CC3)C2)c(C(=O)Nc2nnc(OCc3ccc(Cl)cc3)s2)cn1. The van der Waals surface area contributed by atoms with Crippen molar-refractivity contribution >= 4 is 39.7 Å². The van der Waals surface area contributed by atoms with Gasteiger partial charge in [-0.1, -0.05) is 28.8 Å². The number of anilines is 2. The van der Waals surface area contributed by atoms with E-state index in [4.69, 9.17) is 21.1 Å². The Hall–Kier alpha value is -3.26. The largest absolute Gasteiger partial charge is 0.464 e. The van der Waals surface area contributed by atoms with E-state index in [2.05, 4.69) is 25.4 Å². The summed E-state index contributed by atoms with van der Waals surface area (Å²) in [5.41, 5.74) is 2.10. The van der Waals surface area contributed by atoms with E-state index < -0.39 is 0 Å². The number of aromatic nitrogens is 3. The first-order chi connectivity index (χ1) is 16.0. The molecule has 1 aliphatic heterocycles. The van der Waals surface area contributed by atoms with Crippen LogP contribution in [0.3, 0.4) is 0 Å². The molecule has 9 nitrogen and oxygen atoms in total. The molecule has 1 amide bonds. The maximum atomic E-state index is 13.1. The highest BCUT2D eigenvalue weighted by Crippen LogP contribution is 2.43. The van der Waals surface area contributed by atoms with Crippen LogP contribution in [0.15, 0.2) is 36.5 Å². The van der Waals surface area contributed by atoms with E-state index in [0.29, 0.717) is 52.9 Å².